The molecule has 0 fully saturated rings. The second-order valence-electron chi connectivity index (χ2n) is 8.60. The fraction of sp³-hybridized carbons (Fsp3) is 0.286. The summed E-state index contributed by atoms with van der Waals surface area (Å²) < 4.78 is 11.1. The number of fused-ring (bicyclic) bond motifs is 6. The van der Waals surface area contributed by atoms with E-state index in [1.807, 2.05) is 0 Å². The largest absolute Gasteiger partial charge is 0.378 e. The Kier molecular flexibility index (Phi) is 4.77. The van der Waals surface area contributed by atoms with Crippen molar-refractivity contribution in [2.75, 3.05) is 13.2 Å². The average Bonchev–Trinajstić information content (AvgIpc) is 3.32. The fourth-order valence-corrected chi connectivity index (χ4v) is 5.50. The first-order valence-corrected chi connectivity index (χ1v) is 11.5. The first-order valence-electron chi connectivity index (χ1n) is 11.5. The molecule has 3 nitrogen and oxygen atoms in total. The maximum atomic E-state index is 6.18. The van der Waals surface area contributed by atoms with Gasteiger partial charge in [-0.25, -0.2) is 0 Å². The second-order valence-corrected chi connectivity index (χ2v) is 8.60. The van der Waals surface area contributed by atoms with Crippen molar-refractivity contribution < 1.29 is 4.74 Å². The molecule has 2 aromatic heterocycles. The quantitative estimate of drug-likeness (QED) is 0.300. The molecule has 0 amide bonds. The number of aromatic nitrogens is 2. The van der Waals surface area contributed by atoms with Crippen molar-refractivity contribution in [1.29, 1.82) is 0 Å². The minimum Gasteiger partial charge on any atom is -0.378 e. The van der Waals surface area contributed by atoms with Crippen LogP contribution in [0.25, 0.3) is 32.7 Å². The van der Waals surface area contributed by atoms with Gasteiger partial charge in [0.2, 0.25) is 0 Å². The number of para-hydroxylation sites is 3. The molecule has 1 aliphatic rings. The van der Waals surface area contributed by atoms with Gasteiger partial charge in [0.1, 0.15) is 0 Å². The normalized spacial score (nSPS) is 13.9. The van der Waals surface area contributed by atoms with E-state index < -0.39 is 0 Å². The lowest BCUT2D eigenvalue weighted by molar-refractivity contribution is 0.120. The van der Waals surface area contributed by atoms with Gasteiger partial charge in [0, 0.05) is 51.5 Å². The summed E-state index contributed by atoms with van der Waals surface area (Å²) in [6.45, 7) is 3.29. The SMILES string of the molecule is c1ccc2c(c1)c1c(n2CCOCCn2c3ccccc3c3ccccc32)CCCC1. The lowest BCUT2D eigenvalue weighted by Crippen LogP contribution is -2.14. The van der Waals surface area contributed by atoms with Gasteiger partial charge in [-0.15, -0.1) is 0 Å². The molecule has 0 spiro atoms. The van der Waals surface area contributed by atoms with E-state index in [2.05, 4.69) is 81.9 Å². The monoisotopic (exact) mass is 408 g/mol. The van der Waals surface area contributed by atoms with Gasteiger partial charge in [-0.1, -0.05) is 54.6 Å². The number of hydrogen-bond donors (Lipinski definition) is 0. The molecular formula is C28H28N2O. The lowest BCUT2D eigenvalue weighted by atomic mass is 9.96. The molecule has 1 aliphatic carbocycles. The zero-order valence-electron chi connectivity index (χ0n) is 17.9. The molecule has 3 aromatic carbocycles. The molecule has 0 saturated heterocycles. The summed E-state index contributed by atoms with van der Waals surface area (Å²) in [5.41, 5.74) is 7.07. The Bertz CT molecular complexity index is 1320. The van der Waals surface area contributed by atoms with E-state index in [1.54, 1.807) is 11.3 Å². The number of aryl methyl sites for hydroxylation is 1. The third-order valence-corrected chi connectivity index (χ3v) is 6.88. The molecule has 0 atom stereocenters. The van der Waals surface area contributed by atoms with Crippen molar-refractivity contribution in [3.8, 4) is 0 Å². The van der Waals surface area contributed by atoms with Crippen LogP contribution in [0.2, 0.25) is 0 Å². The Morgan fingerprint density at radius 3 is 1.77 bits per heavy atom. The van der Waals surface area contributed by atoms with Crippen molar-refractivity contribution >= 4 is 32.7 Å². The molecule has 0 aliphatic heterocycles. The van der Waals surface area contributed by atoms with Crippen LogP contribution in [0.4, 0.5) is 0 Å². The summed E-state index contributed by atoms with van der Waals surface area (Å²) >= 11 is 0. The Labute approximate surface area is 182 Å². The molecule has 156 valence electrons. The highest BCUT2D eigenvalue weighted by atomic mass is 16.5. The number of hydrogen-bond acceptors (Lipinski definition) is 1. The number of ether oxygens (including phenoxy) is 1. The Morgan fingerprint density at radius 2 is 1.10 bits per heavy atom. The Hall–Kier alpha value is -3.04. The smallest absolute Gasteiger partial charge is 0.0646 e. The van der Waals surface area contributed by atoms with Crippen LogP contribution in [0.15, 0.2) is 72.8 Å². The van der Waals surface area contributed by atoms with Crippen LogP contribution in [-0.2, 0) is 30.7 Å². The van der Waals surface area contributed by atoms with Crippen LogP contribution >= 0.6 is 0 Å². The standard InChI is InChI=1S/C28H28N2O/c1-5-13-25-21(9-1)22-10-2-6-14-26(22)29(25)17-19-31-20-18-30-27-15-7-3-11-23(27)24-12-4-8-16-28(24)30/h1-3,5-7,9-11,13-15H,4,8,12,16-20H2. The van der Waals surface area contributed by atoms with Gasteiger partial charge in [-0.3, -0.25) is 0 Å². The van der Waals surface area contributed by atoms with Crippen LogP contribution in [0.5, 0.6) is 0 Å². The van der Waals surface area contributed by atoms with Crippen molar-refractivity contribution in [2.24, 2.45) is 0 Å². The average molecular weight is 409 g/mol. The third-order valence-electron chi connectivity index (χ3n) is 6.88. The van der Waals surface area contributed by atoms with Gasteiger partial charge < -0.3 is 13.9 Å². The summed E-state index contributed by atoms with van der Waals surface area (Å²) in [6.07, 6.45) is 5.04. The van der Waals surface area contributed by atoms with E-state index in [0.29, 0.717) is 0 Å². The van der Waals surface area contributed by atoms with Crippen LogP contribution in [0, 0.1) is 0 Å². The predicted molar refractivity (Wildman–Crippen MR) is 129 cm³/mol. The highest BCUT2D eigenvalue weighted by Gasteiger charge is 2.19. The first-order chi connectivity index (χ1) is 15.4. The molecule has 0 radical (unpaired) electrons. The highest BCUT2D eigenvalue weighted by Crippen LogP contribution is 2.32. The molecule has 6 rings (SSSR count). The maximum Gasteiger partial charge on any atom is 0.0646 e. The molecule has 0 N–H and O–H groups in total. The van der Waals surface area contributed by atoms with Gasteiger partial charge >= 0.3 is 0 Å². The number of benzene rings is 3. The Balaban J connectivity index is 1.18. The number of rotatable bonds is 6. The van der Waals surface area contributed by atoms with Crippen LogP contribution in [0.3, 0.4) is 0 Å². The van der Waals surface area contributed by atoms with Gasteiger partial charge in [0.25, 0.3) is 0 Å². The highest BCUT2D eigenvalue weighted by molar-refractivity contribution is 6.07. The zero-order chi connectivity index (χ0) is 20.6. The van der Waals surface area contributed by atoms with Crippen molar-refractivity contribution in [3.05, 3.63) is 84.1 Å². The van der Waals surface area contributed by atoms with E-state index in [4.69, 9.17) is 4.74 Å². The van der Waals surface area contributed by atoms with Crippen molar-refractivity contribution in [1.82, 2.24) is 9.13 Å². The second kappa shape index (κ2) is 7.90. The van der Waals surface area contributed by atoms with E-state index in [0.717, 1.165) is 26.3 Å². The summed E-state index contributed by atoms with van der Waals surface area (Å²) in [4.78, 5) is 0. The fourth-order valence-electron chi connectivity index (χ4n) is 5.50. The van der Waals surface area contributed by atoms with E-state index in [9.17, 15) is 0 Å². The molecule has 0 unspecified atom stereocenters. The van der Waals surface area contributed by atoms with Crippen LogP contribution < -0.4 is 0 Å². The topological polar surface area (TPSA) is 19.1 Å². The first kappa shape index (κ1) is 18.7. The summed E-state index contributed by atoms with van der Waals surface area (Å²) in [5.74, 6) is 0. The van der Waals surface area contributed by atoms with Gasteiger partial charge in [0.05, 0.1) is 13.2 Å². The zero-order valence-corrected chi connectivity index (χ0v) is 17.9. The van der Waals surface area contributed by atoms with E-state index in [-0.39, 0.29) is 0 Å². The minimum absolute atomic E-state index is 0.726. The molecule has 2 heterocycles. The van der Waals surface area contributed by atoms with Gasteiger partial charge in [0.15, 0.2) is 0 Å². The van der Waals surface area contributed by atoms with Crippen LogP contribution in [-0.4, -0.2) is 22.3 Å². The maximum absolute atomic E-state index is 6.18. The Morgan fingerprint density at radius 1 is 0.581 bits per heavy atom. The third kappa shape index (κ3) is 3.16. The molecule has 3 heteroatoms. The molecular weight excluding hydrogens is 380 g/mol. The van der Waals surface area contributed by atoms with E-state index >= 15 is 0 Å². The summed E-state index contributed by atoms with van der Waals surface area (Å²) in [6, 6.07) is 26.3. The summed E-state index contributed by atoms with van der Waals surface area (Å²) in [7, 11) is 0. The molecule has 31 heavy (non-hydrogen) atoms. The lowest BCUT2D eigenvalue weighted by Gasteiger charge is -2.16. The summed E-state index contributed by atoms with van der Waals surface area (Å²) in [5, 5.41) is 4.09. The van der Waals surface area contributed by atoms with Gasteiger partial charge in [-0.2, -0.15) is 0 Å². The number of nitrogens with zero attached hydrogens (tertiary/aromatic N) is 2. The van der Waals surface area contributed by atoms with Crippen molar-refractivity contribution in [3.63, 3.8) is 0 Å². The minimum atomic E-state index is 0.726. The van der Waals surface area contributed by atoms with Crippen LogP contribution in [0.1, 0.15) is 24.1 Å². The molecule has 5 aromatic rings. The van der Waals surface area contributed by atoms with Gasteiger partial charge in [-0.05, 0) is 49.4 Å². The molecule has 0 saturated carbocycles. The predicted octanol–water partition coefficient (Wildman–Crippen LogP) is 6.34. The molecule has 0 bridgehead atoms. The van der Waals surface area contributed by atoms with Crippen molar-refractivity contribution in [2.45, 2.75) is 38.8 Å². The van der Waals surface area contributed by atoms with E-state index in [1.165, 1.54) is 58.4 Å².